The summed E-state index contributed by atoms with van der Waals surface area (Å²) in [7, 11) is 2.11. The number of nitrogens with zero attached hydrogens (tertiary/aromatic N) is 3. The van der Waals surface area contributed by atoms with Crippen LogP contribution in [0.3, 0.4) is 0 Å². The fraction of sp³-hybridized carbons (Fsp3) is 0.238. The molecule has 1 aromatic carbocycles. The molecule has 5 heteroatoms. The van der Waals surface area contributed by atoms with E-state index in [1.807, 2.05) is 18.5 Å². The standard InChI is InChI=1S/C21H23N5/c1-15-5-6-18-17(14-26(2)19(18)12-15)7-9-23-20(21-24-10-11-25-21)16-4-3-8-22-13-16/h3-6,8,10-14,20,23H,7,9H2,1-2H3,(H,24,25)/t20-/m1/s1. The number of hydrogen-bond acceptors (Lipinski definition) is 3. The van der Waals surface area contributed by atoms with E-state index in [2.05, 4.69) is 69.3 Å². The Balaban J connectivity index is 1.52. The zero-order chi connectivity index (χ0) is 17.9. The molecule has 0 aliphatic rings. The number of imidazole rings is 1. The molecule has 4 rings (SSSR count). The van der Waals surface area contributed by atoms with Crippen LogP contribution < -0.4 is 5.32 Å². The third-order valence-corrected chi connectivity index (χ3v) is 4.78. The zero-order valence-corrected chi connectivity index (χ0v) is 15.1. The molecule has 1 atom stereocenters. The van der Waals surface area contributed by atoms with Gasteiger partial charge in [-0.1, -0.05) is 18.2 Å². The molecule has 5 nitrogen and oxygen atoms in total. The number of H-pyrrole nitrogens is 1. The third-order valence-electron chi connectivity index (χ3n) is 4.78. The van der Waals surface area contributed by atoms with Crippen molar-refractivity contribution in [2.75, 3.05) is 6.54 Å². The molecule has 0 saturated heterocycles. The van der Waals surface area contributed by atoms with Crippen molar-refractivity contribution in [2.45, 2.75) is 19.4 Å². The maximum absolute atomic E-state index is 4.43. The van der Waals surface area contributed by atoms with Gasteiger partial charge >= 0.3 is 0 Å². The topological polar surface area (TPSA) is 58.5 Å². The van der Waals surface area contributed by atoms with Crippen LogP contribution in [0.2, 0.25) is 0 Å². The summed E-state index contributed by atoms with van der Waals surface area (Å²) in [4.78, 5) is 11.9. The molecular weight excluding hydrogens is 322 g/mol. The van der Waals surface area contributed by atoms with Gasteiger partial charge in [0.2, 0.25) is 0 Å². The Morgan fingerprint density at radius 1 is 1.23 bits per heavy atom. The molecule has 0 radical (unpaired) electrons. The first-order valence-corrected chi connectivity index (χ1v) is 8.89. The van der Waals surface area contributed by atoms with Crippen molar-refractivity contribution in [3.05, 3.63) is 83.8 Å². The van der Waals surface area contributed by atoms with Gasteiger partial charge in [-0.3, -0.25) is 4.98 Å². The van der Waals surface area contributed by atoms with E-state index in [1.165, 1.54) is 22.0 Å². The summed E-state index contributed by atoms with van der Waals surface area (Å²) in [5, 5.41) is 4.96. The van der Waals surface area contributed by atoms with Crippen LogP contribution in [-0.2, 0) is 13.5 Å². The van der Waals surface area contributed by atoms with Crippen molar-refractivity contribution in [2.24, 2.45) is 7.05 Å². The number of aromatic amines is 1. The second kappa shape index (κ2) is 7.14. The number of rotatable bonds is 6. The number of fused-ring (bicyclic) bond motifs is 1. The van der Waals surface area contributed by atoms with Gasteiger partial charge in [-0.05, 0) is 42.2 Å². The lowest BCUT2D eigenvalue weighted by Crippen LogP contribution is -2.25. The highest BCUT2D eigenvalue weighted by atomic mass is 15.0. The first-order valence-electron chi connectivity index (χ1n) is 8.89. The maximum atomic E-state index is 4.43. The van der Waals surface area contributed by atoms with Gasteiger partial charge in [-0.2, -0.15) is 0 Å². The highest BCUT2D eigenvalue weighted by Gasteiger charge is 2.16. The molecule has 3 aromatic heterocycles. The van der Waals surface area contributed by atoms with Gasteiger partial charge in [-0.25, -0.2) is 4.98 Å². The largest absolute Gasteiger partial charge is 0.350 e. The quantitative estimate of drug-likeness (QED) is 0.562. The van der Waals surface area contributed by atoms with E-state index in [0.717, 1.165) is 24.4 Å². The number of benzene rings is 1. The fourth-order valence-electron chi connectivity index (χ4n) is 3.48. The fourth-order valence-corrected chi connectivity index (χ4v) is 3.48. The van der Waals surface area contributed by atoms with Crippen LogP contribution in [0, 0.1) is 6.92 Å². The number of aromatic nitrogens is 4. The molecule has 0 bridgehead atoms. The van der Waals surface area contributed by atoms with Crippen LogP contribution in [0.5, 0.6) is 0 Å². The van der Waals surface area contributed by atoms with E-state index in [1.54, 1.807) is 12.4 Å². The van der Waals surface area contributed by atoms with Crippen LogP contribution in [0.15, 0.2) is 61.3 Å². The monoisotopic (exact) mass is 345 g/mol. The molecule has 0 aliphatic carbocycles. The number of aryl methyl sites for hydroxylation is 2. The first-order chi connectivity index (χ1) is 12.7. The van der Waals surface area contributed by atoms with Gasteiger partial charge in [0, 0.05) is 55.5 Å². The average Bonchev–Trinajstić information content (AvgIpc) is 3.28. The predicted molar refractivity (Wildman–Crippen MR) is 104 cm³/mol. The SMILES string of the molecule is Cc1ccc2c(CCN[C@H](c3cccnc3)c3ncc[nH]3)cn(C)c2c1. The molecule has 0 unspecified atom stereocenters. The van der Waals surface area contributed by atoms with Crippen LogP contribution >= 0.6 is 0 Å². The number of nitrogens with one attached hydrogen (secondary N) is 2. The molecule has 4 aromatic rings. The molecule has 3 heterocycles. The Kier molecular flexibility index (Phi) is 4.54. The zero-order valence-electron chi connectivity index (χ0n) is 15.1. The summed E-state index contributed by atoms with van der Waals surface area (Å²) in [5.74, 6) is 0.909. The third kappa shape index (κ3) is 3.26. The Morgan fingerprint density at radius 3 is 2.92 bits per heavy atom. The summed E-state index contributed by atoms with van der Waals surface area (Å²) in [5.41, 5.74) is 5.04. The molecule has 26 heavy (non-hydrogen) atoms. The Morgan fingerprint density at radius 2 is 2.15 bits per heavy atom. The lowest BCUT2D eigenvalue weighted by molar-refractivity contribution is 0.581. The molecule has 0 spiro atoms. The summed E-state index contributed by atoms with van der Waals surface area (Å²) < 4.78 is 2.21. The molecule has 0 aliphatic heterocycles. The van der Waals surface area contributed by atoms with E-state index in [-0.39, 0.29) is 6.04 Å². The summed E-state index contributed by atoms with van der Waals surface area (Å²) in [6.45, 7) is 2.99. The van der Waals surface area contributed by atoms with Gasteiger partial charge < -0.3 is 14.9 Å². The minimum Gasteiger partial charge on any atom is -0.350 e. The second-order valence-corrected chi connectivity index (χ2v) is 6.68. The molecule has 0 saturated carbocycles. The van der Waals surface area contributed by atoms with Crippen LogP contribution in [-0.4, -0.2) is 26.1 Å². The smallest absolute Gasteiger partial charge is 0.127 e. The van der Waals surface area contributed by atoms with Crippen molar-refractivity contribution in [3.8, 4) is 0 Å². The molecule has 2 N–H and O–H groups in total. The van der Waals surface area contributed by atoms with Crippen molar-refractivity contribution >= 4 is 10.9 Å². The van der Waals surface area contributed by atoms with Gasteiger partial charge in [-0.15, -0.1) is 0 Å². The van der Waals surface area contributed by atoms with Crippen molar-refractivity contribution in [1.82, 2.24) is 24.8 Å². The van der Waals surface area contributed by atoms with Crippen molar-refractivity contribution in [3.63, 3.8) is 0 Å². The van der Waals surface area contributed by atoms with E-state index in [9.17, 15) is 0 Å². The number of hydrogen-bond donors (Lipinski definition) is 2. The van der Waals surface area contributed by atoms with Crippen LogP contribution in [0.1, 0.15) is 28.6 Å². The molecule has 0 fully saturated rings. The highest BCUT2D eigenvalue weighted by Crippen LogP contribution is 2.23. The van der Waals surface area contributed by atoms with Gasteiger partial charge in [0.1, 0.15) is 5.82 Å². The summed E-state index contributed by atoms with van der Waals surface area (Å²) in [6.07, 6.45) is 10.5. The van der Waals surface area contributed by atoms with Gasteiger partial charge in [0.15, 0.2) is 0 Å². The Bertz CT molecular complexity index is 986. The molecule has 0 amide bonds. The summed E-state index contributed by atoms with van der Waals surface area (Å²) >= 11 is 0. The van der Waals surface area contributed by atoms with Crippen molar-refractivity contribution < 1.29 is 0 Å². The normalized spacial score (nSPS) is 12.5. The maximum Gasteiger partial charge on any atom is 0.127 e. The minimum absolute atomic E-state index is 0.0101. The van der Waals surface area contributed by atoms with Crippen LogP contribution in [0.25, 0.3) is 10.9 Å². The average molecular weight is 345 g/mol. The Hall–Kier alpha value is -2.92. The van der Waals surface area contributed by atoms with E-state index < -0.39 is 0 Å². The first kappa shape index (κ1) is 16.5. The predicted octanol–water partition coefficient (Wildman–Crippen LogP) is 3.53. The van der Waals surface area contributed by atoms with Crippen molar-refractivity contribution in [1.29, 1.82) is 0 Å². The lowest BCUT2D eigenvalue weighted by Gasteiger charge is -2.16. The van der Waals surface area contributed by atoms with E-state index in [4.69, 9.17) is 0 Å². The molecule has 132 valence electrons. The van der Waals surface area contributed by atoms with Crippen LogP contribution in [0.4, 0.5) is 0 Å². The Labute approximate surface area is 153 Å². The van der Waals surface area contributed by atoms with E-state index in [0.29, 0.717) is 0 Å². The summed E-state index contributed by atoms with van der Waals surface area (Å²) in [6, 6.07) is 10.7. The highest BCUT2D eigenvalue weighted by molar-refractivity contribution is 5.84. The molecular formula is C21H23N5. The number of pyridine rings is 1. The minimum atomic E-state index is 0.0101. The van der Waals surface area contributed by atoms with E-state index >= 15 is 0 Å². The second-order valence-electron chi connectivity index (χ2n) is 6.68. The van der Waals surface area contributed by atoms with Gasteiger partial charge in [0.05, 0.1) is 6.04 Å². The van der Waals surface area contributed by atoms with Gasteiger partial charge in [0.25, 0.3) is 0 Å². The lowest BCUT2D eigenvalue weighted by atomic mass is 10.1.